The molecule has 0 fully saturated rings. The summed E-state index contributed by atoms with van der Waals surface area (Å²) in [5.41, 5.74) is 0.465. The molecule has 0 nitrogen and oxygen atoms in total. The van der Waals surface area contributed by atoms with Gasteiger partial charge in [0.2, 0.25) is 0 Å². The quantitative estimate of drug-likeness (QED) is 0.0422. The highest BCUT2D eigenvalue weighted by atomic mass is 35.6. The molecule has 1 unspecified atom stereocenters. The molecular formula is C30H71B10Cl2Si6. The third kappa shape index (κ3) is 24.0. The van der Waals surface area contributed by atoms with Crippen LogP contribution in [-0.4, -0.2) is 118 Å². The van der Waals surface area contributed by atoms with E-state index in [0.717, 1.165) is 0 Å². The van der Waals surface area contributed by atoms with Crippen molar-refractivity contribution in [3.8, 4) is 0 Å². The smallest absolute Gasteiger partial charge is 0.150 e. The molecule has 48 heavy (non-hydrogen) atoms. The standard InChI is InChI=1S/C30H71B10Cl2Si6/c1-43(2,23-16-19-27-47(9,10)41)21-13-14-25-45(5,6)29-30(37(38(32)33)40(36-31)39(34)35)46(7,8)26-18-15-22-44(3,4)24-17-20-28-48(11,12)42/h30H,13-29H2,1-12H3. The highest BCUT2D eigenvalue weighted by Crippen LogP contribution is 2.40. The zero-order valence-corrected chi connectivity index (χ0v) is 41.6. The first-order chi connectivity index (χ1) is 21.6. The molecule has 0 saturated carbocycles. The van der Waals surface area contributed by atoms with Crippen molar-refractivity contribution in [1.82, 2.24) is 0 Å². The van der Waals surface area contributed by atoms with Crippen LogP contribution in [0.3, 0.4) is 0 Å². The number of halogens is 2. The summed E-state index contributed by atoms with van der Waals surface area (Å²) in [6.07, 6.45) is 9.50. The van der Waals surface area contributed by atoms with Gasteiger partial charge in [0.05, 0.1) is 0 Å². The van der Waals surface area contributed by atoms with E-state index in [-0.39, 0.29) is 12.9 Å². The van der Waals surface area contributed by atoms with Gasteiger partial charge >= 0.3 is 0 Å². The topological polar surface area (TPSA) is 0 Å². The van der Waals surface area contributed by atoms with Gasteiger partial charge in [0.1, 0.15) is 14.8 Å². The van der Waals surface area contributed by atoms with Gasteiger partial charge in [-0.25, -0.2) is 0 Å². The second-order valence-corrected chi connectivity index (χ2v) is 55.2. The second-order valence-electron chi connectivity index (χ2n) is 20.1. The van der Waals surface area contributed by atoms with E-state index in [4.69, 9.17) is 60.8 Å². The molecule has 0 aromatic carbocycles. The molecule has 0 spiro atoms. The average Bonchev–Trinajstić information content (AvgIpc) is 2.90. The Hall–Kier alpha value is 2.53. The lowest BCUT2D eigenvalue weighted by molar-refractivity contribution is 0.812. The summed E-state index contributed by atoms with van der Waals surface area (Å²) in [7, 11) is 25.4. The fourth-order valence-corrected chi connectivity index (χ4v) is 26.1. The molecule has 259 valence electrons. The van der Waals surface area contributed by atoms with Gasteiger partial charge < -0.3 is 0 Å². The van der Waals surface area contributed by atoms with Crippen LogP contribution in [0.2, 0.25) is 138 Å². The lowest BCUT2D eigenvalue weighted by Crippen LogP contribution is -2.67. The Labute approximate surface area is 328 Å². The third-order valence-electron chi connectivity index (χ3n) is 11.4. The Morgan fingerprint density at radius 1 is 0.479 bits per heavy atom. The maximum Gasteiger partial charge on any atom is 0.150 e. The van der Waals surface area contributed by atoms with Gasteiger partial charge in [-0.15, -0.1) is 0 Å². The van der Waals surface area contributed by atoms with Crippen molar-refractivity contribution in [2.24, 2.45) is 0 Å². The predicted octanol–water partition coefficient (Wildman–Crippen LogP) is 9.90. The Morgan fingerprint density at radius 3 is 1.08 bits per heavy atom. The van der Waals surface area contributed by atoms with E-state index in [1.165, 1.54) is 106 Å². The summed E-state index contributed by atoms with van der Waals surface area (Å²) in [4.78, 5) is 0. The third-order valence-corrected chi connectivity index (χ3v) is 30.4. The molecule has 0 aromatic rings. The van der Waals surface area contributed by atoms with Crippen molar-refractivity contribution >= 4 is 141 Å². The molecule has 0 N–H and O–H groups in total. The van der Waals surface area contributed by atoms with Crippen LogP contribution in [-0.2, 0) is 0 Å². The molecule has 0 rings (SSSR count). The lowest BCUT2D eigenvalue weighted by atomic mass is 8.60. The Morgan fingerprint density at radius 2 is 0.792 bits per heavy atom. The fourth-order valence-electron chi connectivity index (χ4n) is 8.06. The van der Waals surface area contributed by atoms with Gasteiger partial charge in [0, 0.05) is 104 Å². The average molecular weight is 779 g/mol. The molecule has 1 atom stereocenters. The van der Waals surface area contributed by atoms with Gasteiger partial charge in [-0.2, -0.15) is 22.2 Å². The summed E-state index contributed by atoms with van der Waals surface area (Å²) in [5.74, 6) is 0. The van der Waals surface area contributed by atoms with E-state index in [9.17, 15) is 0 Å². The maximum atomic E-state index is 6.64. The molecule has 0 aliphatic carbocycles. The molecule has 0 aliphatic rings. The van der Waals surface area contributed by atoms with E-state index in [1.54, 1.807) is 7.06 Å². The van der Waals surface area contributed by atoms with E-state index in [2.05, 4.69) is 78.6 Å². The molecule has 18 heteroatoms. The lowest BCUT2D eigenvalue weighted by Gasteiger charge is -2.46. The van der Waals surface area contributed by atoms with Crippen LogP contribution in [0.15, 0.2) is 0 Å². The molecule has 11 radical (unpaired) electrons. The molecule has 0 aliphatic heterocycles. The SMILES string of the molecule is [B][B]B(B([B])[B])B(B([B])[B])C(C[Si](C)(C)CCCC[Si](C)(C)CCCC[Si](C)(C)Cl)[Si](C)(C)CCCC[Si](C)(C)CCCC[Si](C)(C)Cl. The normalized spacial score (nSPS) is 14.1. The van der Waals surface area contributed by atoms with Gasteiger partial charge in [-0.05, 0) is 12.1 Å². The molecular weight excluding hydrogens is 708 g/mol. The molecule has 0 heterocycles. The van der Waals surface area contributed by atoms with E-state index in [1.807, 2.05) is 0 Å². The van der Waals surface area contributed by atoms with Crippen LogP contribution in [0.5, 0.6) is 0 Å². The highest BCUT2D eigenvalue weighted by Gasteiger charge is 2.46. The summed E-state index contributed by atoms with van der Waals surface area (Å²) in [6.45, 7) is 29.9. The van der Waals surface area contributed by atoms with Crippen LogP contribution in [0.25, 0.3) is 0 Å². The van der Waals surface area contributed by atoms with Gasteiger partial charge in [0.15, 0.2) is 0 Å². The summed E-state index contributed by atoms with van der Waals surface area (Å²) in [6, 6.07) is 12.1. The van der Waals surface area contributed by atoms with Crippen molar-refractivity contribution in [2.75, 3.05) is 0 Å². The van der Waals surface area contributed by atoms with Crippen LogP contribution < -0.4 is 0 Å². The molecule has 0 aromatic heterocycles. The van der Waals surface area contributed by atoms with Gasteiger partial charge in [-0.3, -0.25) is 0 Å². The van der Waals surface area contributed by atoms with E-state index >= 15 is 0 Å². The monoisotopic (exact) mass is 779 g/mol. The van der Waals surface area contributed by atoms with Gasteiger partial charge in [0.25, 0.3) is 0 Å². The Bertz CT molecular complexity index is 874. The zero-order valence-electron chi connectivity index (χ0n) is 34.1. The number of unbranched alkanes of at least 4 members (excludes halogenated alkanes) is 4. The van der Waals surface area contributed by atoms with Crippen molar-refractivity contribution < 1.29 is 0 Å². The number of hydrogen-bond donors (Lipinski definition) is 0. The Kier molecular flexibility index (Phi) is 24.0. The maximum absolute atomic E-state index is 6.64. The molecule has 0 saturated heterocycles. The predicted molar refractivity (Wildman–Crippen MR) is 258 cm³/mol. The van der Waals surface area contributed by atoms with Crippen molar-refractivity contribution in [1.29, 1.82) is 0 Å². The van der Waals surface area contributed by atoms with Crippen LogP contribution in [0.1, 0.15) is 51.4 Å². The van der Waals surface area contributed by atoms with E-state index in [0.29, 0.717) is 5.44 Å². The zero-order chi connectivity index (χ0) is 37.6. The minimum atomic E-state index is -1.76. The summed E-state index contributed by atoms with van der Waals surface area (Å²) < 4.78 is 0. The van der Waals surface area contributed by atoms with Crippen LogP contribution in [0, 0.1) is 0 Å². The first kappa shape index (κ1) is 50.5. The first-order valence-electron chi connectivity index (χ1n) is 19.6. The number of hydrogen-bond acceptors (Lipinski definition) is 0. The van der Waals surface area contributed by atoms with Crippen molar-refractivity contribution in [2.45, 2.75) is 190 Å². The summed E-state index contributed by atoms with van der Waals surface area (Å²) in [5, 5.41) is 0. The Balaban J connectivity index is 5.49. The molecule has 0 bridgehead atoms. The van der Waals surface area contributed by atoms with Crippen molar-refractivity contribution in [3.05, 3.63) is 0 Å². The minimum absolute atomic E-state index is 0.0244. The molecule has 0 amide bonds. The van der Waals surface area contributed by atoms with Gasteiger partial charge in [-0.1, -0.05) is 178 Å². The van der Waals surface area contributed by atoms with E-state index < -0.39 is 59.8 Å². The largest absolute Gasteiger partial charge is 0.168 e. The fraction of sp³-hybridized carbons (Fsp3) is 1.00. The second kappa shape index (κ2) is 22.8. The highest BCUT2D eigenvalue weighted by molar-refractivity contribution is 7.96. The van der Waals surface area contributed by atoms with Crippen LogP contribution >= 0.6 is 22.2 Å². The number of rotatable bonds is 28. The summed E-state index contributed by atoms with van der Waals surface area (Å²) >= 11 is 13.1. The van der Waals surface area contributed by atoms with Crippen molar-refractivity contribution in [3.63, 3.8) is 0 Å². The van der Waals surface area contributed by atoms with Crippen LogP contribution in [0.4, 0.5) is 0 Å². The minimum Gasteiger partial charge on any atom is -0.168 e. The first-order valence-corrected chi connectivity index (χ1v) is 41.6.